The molecule has 0 saturated carbocycles. The number of benzene rings is 1. The second kappa shape index (κ2) is 7.57. The Morgan fingerprint density at radius 1 is 1.25 bits per heavy atom. The molecule has 3 N–H and O–H groups in total. The molecular weight excluding hydrogens is 312 g/mol. The second-order valence-corrected chi connectivity index (χ2v) is 5.88. The highest BCUT2D eigenvalue weighted by atomic mass is 16.7. The van der Waals surface area contributed by atoms with Crippen LogP contribution in [0.4, 0.5) is 0 Å². The van der Waals surface area contributed by atoms with Crippen LogP contribution in [0.1, 0.15) is 17.2 Å². The Kier molecular flexibility index (Phi) is 5.45. The van der Waals surface area contributed by atoms with E-state index in [1.807, 2.05) is 30.3 Å². The van der Waals surface area contributed by atoms with Crippen LogP contribution in [0.5, 0.6) is 0 Å². The lowest BCUT2D eigenvalue weighted by molar-refractivity contribution is -0.282. The first-order valence-electron chi connectivity index (χ1n) is 7.92. The maximum absolute atomic E-state index is 10.5. The van der Waals surface area contributed by atoms with Gasteiger partial charge in [0.05, 0.1) is 13.2 Å². The molecule has 0 aromatic heterocycles. The minimum Gasteiger partial charge on any atom is -0.388 e. The molecule has 1 fully saturated rings. The van der Waals surface area contributed by atoms with Crippen molar-refractivity contribution in [3.05, 3.63) is 54.1 Å². The van der Waals surface area contributed by atoms with Crippen LogP contribution in [0.2, 0.25) is 0 Å². The molecule has 3 rings (SSSR count). The van der Waals surface area contributed by atoms with Gasteiger partial charge in [-0.05, 0) is 11.1 Å². The van der Waals surface area contributed by atoms with Crippen molar-refractivity contribution in [3.8, 4) is 0 Å². The van der Waals surface area contributed by atoms with E-state index < -0.39 is 36.8 Å². The Bertz CT molecular complexity index is 601. The maximum Gasteiger partial charge on any atom is 0.186 e. The van der Waals surface area contributed by atoms with Gasteiger partial charge in [-0.2, -0.15) is 0 Å². The molecule has 1 aliphatic carbocycles. The van der Waals surface area contributed by atoms with Gasteiger partial charge in [-0.25, -0.2) is 0 Å². The molecular formula is C18H22O6. The second-order valence-electron chi connectivity index (χ2n) is 5.88. The van der Waals surface area contributed by atoms with Crippen molar-refractivity contribution >= 4 is 6.08 Å². The van der Waals surface area contributed by atoms with Crippen LogP contribution >= 0.6 is 0 Å². The van der Waals surface area contributed by atoms with Crippen molar-refractivity contribution in [1.29, 1.82) is 0 Å². The van der Waals surface area contributed by atoms with Gasteiger partial charge in [0.25, 0.3) is 0 Å². The first-order valence-corrected chi connectivity index (χ1v) is 7.92. The van der Waals surface area contributed by atoms with Crippen LogP contribution in [-0.4, -0.2) is 59.2 Å². The number of ether oxygens (including phenoxy) is 3. The molecule has 0 unspecified atom stereocenters. The molecule has 0 bridgehead atoms. The van der Waals surface area contributed by atoms with Gasteiger partial charge in [0.1, 0.15) is 30.5 Å². The third-order valence-electron chi connectivity index (χ3n) is 4.21. The van der Waals surface area contributed by atoms with Crippen LogP contribution in [-0.2, 0) is 14.2 Å². The van der Waals surface area contributed by atoms with Crippen molar-refractivity contribution in [2.45, 2.75) is 36.8 Å². The highest BCUT2D eigenvalue weighted by molar-refractivity contribution is 5.58. The van der Waals surface area contributed by atoms with Crippen molar-refractivity contribution in [2.24, 2.45) is 0 Å². The minimum absolute atomic E-state index is 0.0212. The van der Waals surface area contributed by atoms with E-state index >= 15 is 0 Å². The summed E-state index contributed by atoms with van der Waals surface area (Å²) in [5.41, 5.74) is 1.67. The summed E-state index contributed by atoms with van der Waals surface area (Å²) >= 11 is 0. The highest BCUT2D eigenvalue weighted by Crippen LogP contribution is 2.32. The summed E-state index contributed by atoms with van der Waals surface area (Å²) in [7, 11) is 0. The van der Waals surface area contributed by atoms with E-state index in [4.69, 9.17) is 14.2 Å². The number of hydrogen-bond acceptors (Lipinski definition) is 6. The van der Waals surface area contributed by atoms with Crippen molar-refractivity contribution < 1.29 is 29.5 Å². The molecule has 6 atom stereocenters. The third kappa shape index (κ3) is 3.44. The zero-order valence-electron chi connectivity index (χ0n) is 13.2. The molecule has 2 aliphatic rings. The number of aliphatic hydroxyl groups is 3. The third-order valence-corrected chi connectivity index (χ3v) is 4.21. The normalized spacial score (nSPS) is 35.5. The molecule has 6 heteroatoms. The number of hydrogen-bond donors (Lipinski definition) is 3. The lowest BCUT2D eigenvalue weighted by Crippen LogP contribution is -2.56. The fourth-order valence-electron chi connectivity index (χ4n) is 2.96. The standard InChI is InChI=1S/C18H22O6/c1-2-9-22-18-16(21)17(13(19)10-23-18)24-14-8-7-11-5-3-4-6-12(11)15(14)20/h2-8,13-21H,1,9-10H2/t13-,14-,15-,16+,17-,18-/m1/s1. The largest absolute Gasteiger partial charge is 0.388 e. The first kappa shape index (κ1) is 17.3. The van der Waals surface area contributed by atoms with Crippen molar-refractivity contribution in [1.82, 2.24) is 0 Å². The van der Waals surface area contributed by atoms with E-state index in [0.29, 0.717) is 0 Å². The summed E-state index contributed by atoms with van der Waals surface area (Å²) in [5, 5.41) is 31.0. The SMILES string of the molecule is C=CCO[C@@H]1OC[C@@H](O)[C@@H](O[C@@H]2C=Cc3ccccc3[C@H]2O)[C@@H]1O. The summed E-state index contributed by atoms with van der Waals surface area (Å²) < 4.78 is 16.4. The van der Waals surface area contributed by atoms with Crippen LogP contribution in [0.15, 0.2) is 43.0 Å². The van der Waals surface area contributed by atoms with Crippen molar-refractivity contribution in [2.75, 3.05) is 13.2 Å². The number of aliphatic hydroxyl groups excluding tert-OH is 3. The van der Waals surface area contributed by atoms with Gasteiger partial charge in [0.2, 0.25) is 0 Å². The smallest absolute Gasteiger partial charge is 0.186 e. The van der Waals surface area contributed by atoms with E-state index in [1.165, 1.54) is 0 Å². The fraction of sp³-hybridized carbons (Fsp3) is 0.444. The lowest BCUT2D eigenvalue weighted by Gasteiger charge is -2.40. The summed E-state index contributed by atoms with van der Waals surface area (Å²) in [6.07, 6.45) is -0.447. The fourth-order valence-corrected chi connectivity index (χ4v) is 2.96. The molecule has 1 heterocycles. The van der Waals surface area contributed by atoms with Gasteiger partial charge in [-0.15, -0.1) is 6.58 Å². The Morgan fingerprint density at radius 3 is 2.83 bits per heavy atom. The summed E-state index contributed by atoms with van der Waals surface area (Å²) in [6, 6.07) is 7.47. The van der Waals surface area contributed by atoms with Gasteiger partial charge in [-0.1, -0.05) is 42.5 Å². The first-order chi connectivity index (χ1) is 11.6. The van der Waals surface area contributed by atoms with Crippen LogP contribution in [0.25, 0.3) is 6.08 Å². The number of rotatable bonds is 5. The molecule has 0 radical (unpaired) electrons. The zero-order valence-corrected chi connectivity index (χ0v) is 13.2. The summed E-state index contributed by atoms with van der Waals surface area (Å²) in [4.78, 5) is 0. The van der Waals surface area contributed by atoms with Gasteiger partial charge >= 0.3 is 0 Å². The highest BCUT2D eigenvalue weighted by Gasteiger charge is 2.42. The van der Waals surface area contributed by atoms with Gasteiger partial charge in [0.15, 0.2) is 6.29 Å². The number of fused-ring (bicyclic) bond motifs is 1. The minimum atomic E-state index is -1.17. The molecule has 1 aromatic carbocycles. The molecule has 6 nitrogen and oxygen atoms in total. The topological polar surface area (TPSA) is 88.4 Å². The van der Waals surface area contributed by atoms with Crippen molar-refractivity contribution in [3.63, 3.8) is 0 Å². The Balaban J connectivity index is 1.71. The molecule has 1 saturated heterocycles. The Hall–Kier alpha value is -1.54. The van der Waals surface area contributed by atoms with Gasteiger partial charge in [0, 0.05) is 0 Å². The molecule has 24 heavy (non-hydrogen) atoms. The maximum atomic E-state index is 10.5. The summed E-state index contributed by atoms with van der Waals surface area (Å²) in [5.74, 6) is 0. The molecule has 0 amide bonds. The zero-order chi connectivity index (χ0) is 17.1. The quantitative estimate of drug-likeness (QED) is 0.690. The molecule has 1 aromatic rings. The van der Waals surface area contributed by atoms with Crippen LogP contribution < -0.4 is 0 Å². The Morgan fingerprint density at radius 2 is 2.04 bits per heavy atom. The van der Waals surface area contributed by atoms with Crippen LogP contribution in [0.3, 0.4) is 0 Å². The summed E-state index contributed by atoms with van der Waals surface area (Å²) in [6.45, 7) is 3.73. The molecule has 0 spiro atoms. The average molecular weight is 334 g/mol. The monoisotopic (exact) mass is 334 g/mol. The van der Waals surface area contributed by atoms with E-state index in [2.05, 4.69) is 6.58 Å². The molecule has 1 aliphatic heterocycles. The predicted octanol–water partition coefficient (Wildman–Crippen LogP) is 0.781. The van der Waals surface area contributed by atoms with E-state index in [1.54, 1.807) is 12.2 Å². The van der Waals surface area contributed by atoms with E-state index in [0.717, 1.165) is 11.1 Å². The average Bonchev–Trinajstić information content (AvgIpc) is 2.60. The van der Waals surface area contributed by atoms with E-state index in [-0.39, 0.29) is 13.2 Å². The van der Waals surface area contributed by atoms with Crippen LogP contribution in [0, 0.1) is 0 Å². The lowest BCUT2D eigenvalue weighted by atomic mass is 9.92. The van der Waals surface area contributed by atoms with Gasteiger partial charge in [-0.3, -0.25) is 0 Å². The van der Waals surface area contributed by atoms with Gasteiger partial charge < -0.3 is 29.5 Å². The Labute approximate surface area is 140 Å². The molecule has 130 valence electrons. The predicted molar refractivity (Wildman–Crippen MR) is 87.0 cm³/mol. The van der Waals surface area contributed by atoms with E-state index in [9.17, 15) is 15.3 Å².